The van der Waals surface area contributed by atoms with Crippen LogP contribution in [0, 0.1) is 6.92 Å². The molecule has 0 saturated carbocycles. The molecule has 1 saturated heterocycles. The third-order valence-corrected chi connectivity index (χ3v) is 6.96. The molecule has 114 valence electrons. The van der Waals surface area contributed by atoms with Crippen molar-refractivity contribution < 1.29 is 0 Å². The summed E-state index contributed by atoms with van der Waals surface area (Å²) in [5, 5.41) is 5.79. The summed E-state index contributed by atoms with van der Waals surface area (Å²) in [5.74, 6) is 1.34. The van der Waals surface area contributed by atoms with E-state index >= 15 is 0 Å². The molecule has 2 rings (SSSR count). The monoisotopic (exact) mass is 312 g/mol. The van der Waals surface area contributed by atoms with Crippen LogP contribution in [0.4, 0.5) is 0 Å². The fourth-order valence-electron chi connectivity index (χ4n) is 2.50. The van der Waals surface area contributed by atoms with E-state index in [1.807, 2.05) is 11.3 Å². The van der Waals surface area contributed by atoms with Gasteiger partial charge in [0.2, 0.25) is 0 Å². The van der Waals surface area contributed by atoms with Crippen LogP contribution in [0.5, 0.6) is 0 Å². The van der Waals surface area contributed by atoms with E-state index < -0.39 is 0 Å². The minimum absolute atomic E-state index is 0.159. The molecular weight excluding hydrogens is 284 g/mol. The first-order valence-electron chi connectivity index (χ1n) is 7.70. The zero-order valence-corrected chi connectivity index (χ0v) is 15.1. The number of aromatic nitrogens is 1. The van der Waals surface area contributed by atoms with Crippen molar-refractivity contribution in [2.75, 3.05) is 12.3 Å². The van der Waals surface area contributed by atoms with E-state index in [4.69, 9.17) is 4.98 Å². The van der Waals surface area contributed by atoms with Gasteiger partial charge in [-0.15, -0.1) is 11.3 Å². The number of nitrogens with one attached hydrogen (secondary N) is 1. The molecule has 0 radical (unpaired) electrons. The first-order chi connectivity index (χ1) is 9.38. The number of thioether (sulfide) groups is 1. The number of hydrogen-bond donors (Lipinski definition) is 1. The highest BCUT2D eigenvalue weighted by molar-refractivity contribution is 7.99. The molecule has 20 heavy (non-hydrogen) atoms. The normalized spacial score (nSPS) is 21.9. The third-order valence-electron chi connectivity index (χ3n) is 3.79. The summed E-state index contributed by atoms with van der Waals surface area (Å²) in [6.45, 7) is 12.3. The Bertz CT molecular complexity index is 428. The van der Waals surface area contributed by atoms with Crippen molar-refractivity contribution in [2.45, 2.75) is 70.6 Å². The van der Waals surface area contributed by atoms with Crippen molar-refractivity contribution in [1.29, 1.82) is 0 Å². The smallest absolute Gasteiger partial charge is 0.0985 e. The maximum absolute atomic E-state index is 4.77. The van der Waals surface area contributed by atoms with Crippen LogP contribution in [-0.4, -0.2) is 22.5 Å². The van der Waals surface area contributed by atoms with Crippen LogP contribution in [0.15, 0.2) is 0 Å². The van der Waals surface area contributed by atoms with Gasteiger partial charge in [0, 0.05) is 28.1 Å². The van der Waals surface area contributed by atoms with Gasteiger partial charge in [-0.25, -0.2) is 4.98 Å². The van der Waals surface area contributed by atoms with E-state index in [0.29, 0.717) is 6.04 Å². The van der Waals surface area contributed by atoms with Crippen molar-refractivity contribution in [3.05, 3.63) is 15.6 Å². The lowest BCUT2D eigenvalue weighted by Gasteiger charge is -2.23. The Balaban J connectivity index is 1.94. The van der Waals surface area contributed by atoms with E-state index in [-0.39, 0.29) is 5.41 Å². The second kappa shape index (κ2) is 6.80. The Labute approximate surface area is 132 Å². The van der Waals surface area contributed by atoms with Gasteiger partial charge < -0.3 is 5.32 Å². The Hall–Kier alpha value is -0.0600. The number of rotatable bonds is 4. The number of thiazole rings is 1. The zero-order chi connectivity index (χ0) is 14.8. The molecule has 2 unspecified atom stereocenters. The predicted octanol–water partition coefficient (Wildman–Crippen LogP) is 4.69. The van der Waals surface area contributed by atoms with Gasteiger partial charge in [-0.05, 0) is 32.4 Å². The summed E-state index contributed by atoms with van der Waals surface area (Å²) in [4.78, 5) is 6.18. The highest BCUT2D eigenvalue weighted by Gasteiger charge is 2.23. The highest BCUT2D eigenvalue weighted by Crippen LogP contribution is 2.33. The molecule has 1 fully saturated rings. The summed E-state index contributed by atoms with van der Waals surface area (Å²) in [5.41, 5.74) is 1.36. The first-order valence-corrected chi connectivity index (χ1v) is 9.57. The van der Waals surface area contributed by atoms with Crippen molar-refractivity contribution in [1.82, 2.24) is 10.3 Å². The molecular formula is C16H28N2S2. The predicted molar refractivity (Wildman–Crippen MR) is 92.1 cm³/mol. The van der Waals surface area contributed by atoms with Crippen molar-refractivity contribution >= 4 is 23.1 Å². The maximum Gasteiger partial charge on any atom is 0.0985 e. The van der Waals surface area contributed by atoms with E-state index in [9.17, 15) is 0 Å². The second-order valence-corrected chi connectivity index (χ2v) is 9.28. The number of aryl methyl sites for hydroxylation is 1. The molecule has 2 heterocycles. The fraction of sp³-hybridized carbons (Fsp3) is 0.812. The summed E-state index contributed by atoms with van der Waals surface area (Å²) >= 11 is 4.02. The van der Waals surface area contributed by atoms with Gasteiger partial charge in [0.15, 0.2) is 0 Å². The van der Waals surface area contributed by atoms with Gasteiger partial charge in [0.1, 0.15) is 0 Å². The van der Waals surface area contributed by atoms with Crippen LogP contribution in [0.2, 0.25) is 0 Å². The third kappa shape index (κ3) is 4.22. The summed E-state index contributed by atoms with van der Waals surface area (Å²) in [6.07, 6.45) is 4.18. The second-order valence-electron chi connectivity index (χ2n) is 6.84. The van der Waals surface area contributed by atoms with Crippen LogP contribution >= 0.6 is 23.1 Å². The van der Waals surface area contributed by atoms with Crippen LogP contribution in [0.25, 0.3) is 0 Å². The lowest BCUT2D eigenvalue weighted by molar-refractivity contribution is 0.541. The molecule has 2 atom stereocenters. The standard InChI is InChI=1S/C16H28N2S2/c1-11(17-10-13-8-6-7-9-19-13)14-12(2)18-15(20-14)16(3,4)5/h11,13,17H,6-10H2,1-5H3. The topological polar surface area (TPSA) is 24.9 Å². The van der Waals surface area contributed by atoms with Gasteiger partial charge >= 0.3 is 0 Å². The summed E-state index contributed by atoms with van der Waals surface area (Å²) < 4.78 is 0. The molecule has 0 aromatic carbocycles. The Morgan fingerprint density at radius 1 is 1.35 bits per heavy atom. The quantitative estimate of drug-likeness (QED) is 0.873. The molecule has 1 aliphatic heterocycles. The average Bonchev–Trinajstić information content (AvgIpc) is 2.79. The number of nitrogens with zero attached hydrogens (tertiary/aromatic N) is 1. The molecule has 2 nitrogen and oxygen atoms in total. The van der Waals surface area contributed by atoms with Crippen molar-refractivity contribution in [3.63, 3.8) is 0 Å². The summed E-state index contributed by atoms with van der Waals surface area (Å²) in [6, 6.07) is 0.422. The minimum atomic E-state index is 0.159. The molecule has 4 heteroatoms. The molecule has 0 amide bonds. The van der Waals surface area contributed by atoms with E-state index in [0.717, 1.165) is 11.8 Å². The van der Waals surface area contributed by atoms with E-state index in [1.54, 1.807) is 0 Å². The highest BCUT2D eigenvalue weighted by atomic mass is 32.2. The lowest BCUT2D eigenvalue weighted by atomic mass is 9.98. The molecule has 0 bridgehead atoms. The van der Waals surface area contributed by atoms with Gasteiger partial charge in [-0.1, -0.05) is 27.2 Å². The van der Waals surface area contributed by atoms with Crippen LogP contribution in [-0.2, 0) is 5.41 Å². The van der Waals surface area contributed by atoms with Crippen molar-refractivity contribution in [3.8, 4) is 0 Å². The Morgan fingerprint density at radius 3 is 2.65 bits per heavy atom. The van der Waals surface area contributed by atoms with Crippen LogP contribution in [0.1, 0.15) is 68.6 Å². The Kier molecular flexibility index (Phi) is 5.55. The molecule has 1 aromatic heterocycles. The lowest BCUT2D eigenvalue weighted by Crippen LogP contribution is -2.28. The SMILES string of the molecule is Cc1nc(C(C)(C)C)sc1C(C)NCC1CCCCS1. The summed E-state index contributed by atoms with van der Waals surface area (Å²) in [7, 11) is 0. The first kappa shape index (κ1) is 16.3. The zero-order valence-electron chi connectivity index (χ0n) is 13.5. The van der Waals surface area contributed by atoms with Crippen LogP contribution in [0.3, 0.4) is 0 Å². The average molecular weight is 313 g/mol. The maximum atomic E-state index is 4.77. The molecule has 1 N–H and O–H groups in total. The van der Waals surface area contributed by atoms with Gasteiger partial charge in [0.05, 0.1) is 10.7 Å². The largest absolute Gasteiger partial charge is 0.308 e. The Morgan fingerprint density at radius 2 is 2.10 bits per heavy atom. The molecule has 1 aliphatic rings. The van der Waals surface area contributed by atoms with E-state index in [2.05, 4.69) is 51.7 Å². The van der Waals surface area contributed by atoms with Gasteiger partial charge in [0.25, 0.3) is 0 Å². The van der Waals surface area contributed by atoms with Gasteiger partial charge in [-0.3, -0.25) is 0 Å². The molecule has 0 aliphatic carbocycles. The number of hydrogen-bond acceptors (Lipinski definition) is 4. The molecule has 0 spiro atoms. The molecule has 1 aromatic rings. The van der Waals surface area contributed by atoms with E-state index in [1.165, 1.54) is 40.6 Å². The van der Waals surface area contributed by atoms with Crippen molar-refractivity contribution in [2.24, 2.45) is 0 Å². The van der Waals surface area contributed by atoms with Crippen LogP contribution < -0.4 is 5.32 Å². The van der Waals surface area contributed by atoms with Gasteiger partial charge in [-0.2, -0.15) is 11.8 Å². The minimum Gasteiger partial charge on any atom is -0.308 e. The fourth-order valence-corrected chi connectivity index (χ4v) is 4.90.